The fraction of sp³-hybridized carbons (Fsp3) is 0.375. The third-order valence-electron chi connectivity index (χ3n) is 3.70. The molecule has 0 saturated carbocycles. The standard InChI is InChI=1S/C16H18FN3O/c1-16(2,21)14-12(8-18-9-13(14)17)11-6-10-4-3-5-19-15(10)20-7-11/h6-9,21H,3-5H2,1-2H3,(H,19,20). The van der Waals surface area contributed by atoms with Crippen LogP contribution >= 0.6 is 0 Å². The number of nitrogens with zero attached hydrogens (tertiary/aromatic N) is 2. The minimum absolute atomic E-state index is 0.253. The van der Waals surface area contributed by atoms with Crippen LogP contribution < -0.4 is 5.32 Å². The number of rotatable bonds is 2. The average molecular weight is 287 g/mol. The van der Waals surface area contributed by atoms with Crippen LogP contribution in [0.5, 0.6) is 0 Å². The normalized spacial score (nSPS) is 14.5. The summed E-state index contributed by atoms with van der Waals surface area (Å²) < 4.78 is 14.1. The van der Waals surface area contributed by atoms with Crippen LogP contribution in [0.25, 0.3) is 11.1 Å². The van der Waals surface area contributed by atoms with E-state index in [1.165, 1.54) is 0 Å². The van der Waals surface area contributed by atoms with Gasteiger partial charge in [-0.15, -0.1) is 0 Å². The zero-order valence-electron chi connectivity index (χ0n) is 12.2. The molecule has 110 valence electrons. The molecule has 0 atom stereocenters. The van der Waals surface area contributed by atoms with Crippen molar-refractivity contribution in [1.82, 2.24) is 9.97 Å². The van der Waals surface area contributed by atoms with Gasteiger partial charge >= 0.3 is 0 Å². The van der Waals surface area contributed by atoms with Crippen LogP contribution in [0.4, 0.5) is 10.2 Å². The van der Waals surface area contributed by atoms with Crippen LogP contribution in [0, 0.1) is 5.82 Å². The highest BCUT2D eigenvalue weighted by atomic mass is 19.1. The molecule has 2 aromatic rings. The number of fused-ring (bicyclic) bond motifs is 1. The average Bonchev–Trinajstić information content (AvgIpc) is 2.45. The second kappa shape index (κ2) is 5.07. The molecule has 4 nitrogen and oxygen atoms in total. The van der Waals surface area contributed by atoms with Crippen LogP contribution in [0.3, 0.4) is 0 Å². The van der Waals surface area contributed by atoms with Crippen LogP contribution in [0.1, 0.15) is 31.4 Å². The number of anilines is 1. The van der Waals surface area contributed by atoms with Crippen molar-refractivity contribution in [3.8, 4) is 11.1 Å². The van der Waals surface area contributed by atoms with E-state index in [0.29, 0.717) is 5.56 Å². The van der Waals surface area contributed by atoms with Crippen molar-refractivity contribution in [2.45, 2.75) is 32.3 Å². The molecule has 0 spiro atoms. The Balaban J connectivity index is 2.15. The van der Waals surface area contributed by atoms with E-state index in [1.807, 2.05) is 6.07 Å². The Morgan fingerprint density at radius 2 is 2.10 bits per heavy atom. The number of aliphatic hydroxyl groups is 1. The molecule has 0 saturated heterocycles. The smallest absolute Gasteiger partial charge is 0.148 e. The number of aromatic nitrogens is 2. The minimum atomic E-state index is -1.28. The third kappa shape index (κ3) is 2.61. The maximum atomic E-state index is 14.1. The fourth-order valence-corrected chi connectivity index (χ4v) is 2.77. The molecule has 0 aromatic carbocycles. The monoisotopic (exact) mass is 287 g/mol. The molecular weight excluding hydrogens is 269 g/mol. The second-order valence-corrected chi connectivity index (χ2v) is 5.86. The van der Waals surface area contributed by atoms with Gasteiger partial charge in [0.15, 0.2) is 0 Å². The van der Waals surface area contributed by atoms with Crippen molar-refractivity contribution < 1.29 is 9.50 Å². The first-order valence-corrected chi connectivity index (χ1v) is 7.06. The second-order valence-electron chi connectivity index (χ2n) is 5.86. The highest BCUT2D eigenvalue weighted by Gasteiger charge is 2.26. The molecule has 2 aromatic heterocycles. The number of halogens is 1. The first kappa shape index (κ1) is 13.9. The minimum Gasteiger partial charge on any atom is -0.386 e. The van der Waals surface area contributed by atoms with E-state index in [-0.39, 0.29) is 5.56 Å². The molecule has 0 fully saturated rings. The van der Waals surface area contributed by atoms with Gasteiger partial charge in [0.25, 0.3) is 0 Å². The number of hydrogen-bond acceptors (Lipinski definition) is 4. The Morgan fingerprint density at radius 3 is 2.86 bits per heavy atom. The van der Waals surface area contributed by atoms with Crippen molar-refractivity contribution in [2.24, 2.45) is 0 Å². The molecule has 0 bridgehead atoms. The molecule has 5 heteroatoms. The van der Waals surface area contributed by atoms with Gasteiger partial charge in [-0.1, -0.05) is 0 Å². The zero-order valence-corrected chi connectivity index (χ0v) is 12.2. The molecule has 2 N–H and O–H groups in total. The van der Waals surface area contributed by atoms with Gasteiger partial charge < -0.3 is 10.4 Å². The van der Waals surface area contributed by atoms with E-state index in [0.717, 1.165) is 42.5 Å². The largest absolute Gasteiger partial charge is 0.386 e. The summed E-state index contributed by atoms with van der Waals surface area (Å²) in [6.07, 6.45) is 6.41. The SMILES string of the molecule is CC(C)(O)c1c(F)cncc1-c1cnc2c(c1)CCCN2. The van der Waals surface area contributed by atoms with E-state index in [2.05, 4.69) is 15.3 Å². The van der Waals surface area contributed by atoms with Crippen LogP contribution in [0.2, 0.25) is 0 Å². The van der Waals surface area contributed by atoms with Crippen molar-refractivity contribution in [3.63, 3.8) is 0 Å². The Labute approximate surface area is 123 Å². The van der Waals surface area contributed by atoms with Gasteiger partial charge in [-0.2, -0.15) is 0 Å². The van der Waals surface area contributed by atoms with Crippen molar-refractivity contribution in [1.29, 1.82) is 0 Å². The van der Waals surface area contributed by atoms with Crippen molar-refractivity contribution >= 4 is 5.82 Å². The molecule has 1 aliphatic heterocycles. The van der Waals surface area contributed by atoms with Gasteiger partial charge in [-0.3, -0.25) is 4.98 Å². The number of pyridine rings is 2. The summed E-state index contributed by atoms with van der Waals surface area (Å²) in [5.74, 6) is 0.384. The van der Waals surface area contributed by atoms with Crippen molar-refractivity contribution in [3.05, 3.63) is 41.6 Å². The molecule has 0 amide bonds. The van der Waals surface area contributed by atoms with E-state index >= 15 is 0 Å². The molecule has 21 heavy (non-hydrogen) atoms. The molecular formula is C16H18FN3O. The Kier molecular flexibility index (Phi) is 3.37. The van der Waals surface area contributed by atoms with Gasteiger partial charge in [0, 0.05) is 35.6 Å². The van der Waals surface area contributed by atoms with Gasteiger partial charge in [0.2, 0.25) is 0 Å². The number of aryl methyl sites for hydroxylation is 1. The summed E-state index contributed by atoms with van der Waals surface area (Å²) in [6, 6.07) is 2.00. The maximum Gasteiger partial charge on any atom is 0.148 e. The lowest BCUT2D eigenvalue weighted by molar-refractivity contribution is 0.0750. The lowest BCUT2D eigenvalue weighted by Crippen LogP contribution is -2.19. The Hall–Kier alpha value is -2.01. The molecule has 0 aliphatic carbocycles. The third-order valence-corrected chi connectivity index (χ3v) is 3.70. The number of nitrogens with one attached hydrogen (secondary N) is 1. The van der Waals surface area contributed by atoms with Crippen LogP contribution in [0.15, 0.2) is 24.7 Å². The van der Waals surface area contributed by atoms with E-state index in [1.54, 1.807) is 26.2 Å². The van der Waals surface area contributed by atoms with Crippen molar-refractivity contribution in [2.75, 3.05) is 11.9 Å². The highest BCUT2D eigenvalue weighted by molar-refractivity contribution is 5.69. The number of hydrogen-bond donors (Lipinski definition) is 2. The lowest BCUT2D eigenvalue weighted by atomic mass is 9.90. The van der Waals surface area contributed by atoms with Gasteiger partial charge in [0.1, 0.15) is 11.6 Å². The van der Waals surface area contributed by atoms with Gasteiger partial charge in [-0.05, 0) is 38.3 Å². The first-order chi connectivity index (χ1) is 9.97. The fourth-order valence-electron chi connectivity index (χ4n) is 2.77. The Morgan fingerprint density at radius 1 is 1.29 bits per heavy atom. The molecule has 0 radical (unpaired) electrons. The summed E-state index contributed by atoms with van der Waals surface area (Å²) in [6.45, 7) is 4.07. The molecule has 3 rings (SSSR count). The van der Waals surface area contributed by atoms with E-state index < -0.39 is 11.4 Å². The topological polar surface area (TPSA) is 58.0 Å². The van der Waals surface area contributed by atoms with Crippen LogP contribution in [-0.4, -0.2) is 21.6 Å². The summed E-state index contributed by atoms with van der Waals surface area (Å²) in [4.78, 5) is 8.32. The highest BCUT2D eigenvalue weighted by Crippen LogP contribution is 2.34. The van der Waals surface area contributed by atoms with Crippen LogP contribution in [-0.2, 0) is 12.0 Å². The Bertz CT molecular complexity index is 680. The van der Waals surface area contributed by atoms with E-state index in [4.69, 9.17) is 0 Å². The maximum absolute atomic E-state index is 14.1. The first-order valence-electron chi connectivity index (χ1n) is 7.06. The molecule has 1 aliphatic rings. The summed E-state index contributed by atoms with van der Waals surface area (Å²) in [5, 5.41) is 13.5. The molecule has 3 heterocycles. The summed E-state index contributed by atoms with van der Waals surface area (Å²) >= 11 is 0. The van der Waals surface area contributed by atoms with Gasteiger partial charge in [-0.25, -0.2) is 9.37 Å². The van der Waals surface area contributed by atoms with Gasteiger partial charge in [0.05, 0.1) is 11.8 Å². The molecule has 0 unspecified atom stereocenters. The summed E-state index contributed by atoms with van der Waals surface area (Å²) in [7, 11) is 0. The quantitative estimate of drug-likeness (QED) is 0.891. The lowest BCUT2D eigenvalue weighted by Gasteiger charge is -2.23. The predicted molar refractivity (Wildman–Crippen MR) is 79.5 cm³/mol. The summed E-state index contributed by atoms with van der Waals surface area (Å²) in [5.41, 5.74) is 1.45. The predicted octanol–water partition coefficient (Wildman–Crippen LogP) is 2.87. The zero-order chi connectivity index (χ0) is 15.0. The van der Waals surface area contributed by atoms with E-state index in [9.17, 15) is 9.50 Å².